The van der Waals surface area contributed by atoms with E-state index in [9.17, 15) is 19.5 Å². The predicted molar refractivity (Wildman–Crippen MR) is 111 cm³/mol. The third-order valence-corrected chi connectivity index (χ3v) is 5.26. The fraction of sp³-hybridized carbons (Fsp3) is 0.348. The maximum absolute atomic E-state index is 12.5. The number of hydrogen-bond donors (Lipinski definition) is 3. The van der Waals surface area contributed by atoms with Crippen LogP contribution in [0.2, 0.25) is 0 Å². The van der Waals surface area contributed by atoms with Crippen molar-refractivity contribution in [2.75, 3.05) is 11.9 Å². The van der Waals surface area contributed by atoms with Gasteiger partial charge in [0.05, 0.1) is 5.92 Å². The summed E-state index contributed by atoms with van der Waals surface area (Å²) >= 11 is 0. The Hall–Kier alpha value is -3.15. The van der Waals surface area contributed by atoms with Gasteiger partial charge in [-0.25, -0.2) is 0 Å². The SMILES string of the molecule is Cc1cccc(CC(CNC(=O)c2cccc(NC(=O)C3CC3C)c2)C(=O)O)c1. The summed E-state index contributed by atoms with van der Waals surface area (Å²) in [5.41, 5.74) is 2.93. The molecule has 6 nitrogen and oxygen atoms in total. The third-order valence-electron chi connectivity index (χ3n) is 5.26. The summed E-state index contributed by atoms with van der Waals surface area (Å²) in [7, 11) is 0. The van der Waals surface area contributed by atoms with Crippen LogP contribution in [0.15, 0.2) is 48.5 Å². The lowest BCUT2D eigenvalue weighted by atomic mass is 9.98. The molecule has 3 rings (SSSR count). The van der Waals surface area contributed by atoms with Crippen LogP contribution in [0, 0.1) is 24.7 Å². The van der Waals surface area contributed by atoms with E-state index in [-0.39, 0.29) is 24.3 Å². The van der Waals surface area contributed by atoms with E-state index in [1.54, 1.807) is 24.3 Å². The molecule has 0 spiro atoms. The van der Waals surface area contributed by atoms with E-state index in [2.05, 4.69) is 10.6 Å². The molecule has 2 aromatic rings. The monoisotopic (exact) mass is 394 g/mol. The van der Waals surface area contributed by atoms with Crippen LogP contribution in [-0.2, 0) is 16.0 Å². The molecule has 0 bridgehead atoms. The van der Waals surface area contributed by atoms with Gasteiger partial charge in [-0.05, 0) is 49.4 Å². The van der Waals surface area contributed by atoms with Crippen LogP contribution in [0.1, 0.15) is 34.8 Å². The molecule has 29 heavy (non-hydrogen) atoms. The molecule has 0 aromatic heterocycles. The highest BCUT2D eigenvalue weighted by Crippen LogP contribution is 2.38. The van der Waals surface area contributed by atoms with Crippen LogP contribution in [0.3, 0.4) is 0 Å². The fourth-order valence-corrected chi connectivity index (χ4v) is 3.35. The van der Waals surface area contributed by atoms with Crippen molar-refractivity contribution in [2.24, 2.45) is 17.8 Å². The number of aryl methyl sites for hydroxylation is 1. The van der Waals surface area contributed by atoms with Gasteiger partial charge in [0, 0.05) is 23.7 Å². The Balaban J connectivity index is 1.59. The lowest BCUT2D eigenvalue weighted by molar-refractivity contribution is -0.141. The average molecular weight is 394 g/mol. The van der Waals surface area contributed by atoms with Crippen molar-refractivity contribution in [1.29, 1.82) is 0 Å². The van der Waals surface area contributed by atoms with Gasteiger partial charge in [-0.1, -0.05) is 42.8 Å². The van der Waals surface area contributed by atoms with Crippen LogP contribution in [0.5, 0.6) is 0 Å². The summed E-state index contributed by atoms with van der Waals surface area (Å²) < 4.78 is 0. The highest BCUT2D eigenvalue weighted by molar-refractivity contribution is 5.98. The topological polar surface area (TPSA) is 95.5 Å². The third kappa shape index (κ3) is 5.67. The zero-order valence-electron chi connectivity index (χ0n) is 16.6. The number of carbonyl (C=O) groups is 3. The molecule has 3 N–H and O–H groups in total. The number of carbonyl (C=O) groups excluding carboxylic acids is 2. The molecule has 152 valence electrons. The van der Waals surface area contributed by atoms with Gasteiger partial charge < -0.3 is 15.7 Å². The highest BCUT2D eigenvalue weighted by Gasteiger charge is 2.39. The van der Waals surface area contributed by atoms with Crippen molar-refractivity contribution in [3.8, 4) is 0 Å². The first-order valence-corrected chi connectivity index (χ1v) is 9.81. The normalized spacial score (nSPS) is 18.6. The second-order valence-corrected chi connectivity index (χ2v) is 7.83. The van der Waals surface area contributed by atoms with Crippen molar-refractivity contribution < 1.29 is 19.5 Å². The van der Waals surface area contributed by atoms with Gasteiger partial charge in [0.2, 0.25) is 5.91 Å². The molecule has 6 heteroatoms. The zero-order valence-corrected chi connectivity index (χ0v) is 16.6. The van der Waals surface area contributed by atoms with Crippen molar-refractivity contribution in [3.05, 3.63) is 65.2 Å². The van der Waals surface area contributed by atoms with Crippen LogP contribution in [0.4, 0.5) is 5.69 Å². The quantitative estimate of drug-likeness (QED) is 0.640. The summed E-state index contributed by atoms with van der Waals surface area (Å²) in [4.78, 5) is 36.2. The van der Waals surface area contributed by atoms with Gasteiger partial charge in [0.1, 0.15) is 0 Å². The van der Waals surface area contributed by atoms with E-state index in [1.165, 1.54) is 0 Å². The van der Waals surface area contributed by atoms with Gasteiger partial charge in [0.15, 0.2) is 0 Å². The minimum atomic E-state index is -0.952. The lowest BCUT2D eigenvalue weighted by Gasteiger charge is -2.14. The van der Waals surface area contributed by atoms with Crippen molar-refractivity contribution in [3.63, 3.8) is 0 Å². The second kappa shape index (κ2) is 8.90. The van der Waals surface area contributed by atoms with E-state index in [0.717, 1.165) is 17.5 Å². The van der Waals surface area contributed by atoms with Gasteiger partial charge in [-0.2, -0.15) is 0 Å². The minimum Gasteiger partial charge on any atom is -0.481 e. The molecule has 1 fully saturated rings. The number of benzene rings is 2. The van der Waals surface area contributed by atoms with E-state index < -0.39 is 11.9 Å². The Morgan fingerprint density at radius 3 is 2.52 bits per heavy atom. The summed E-state index contributed by atoms with van der Waals surface area (Å²) in [6.07, 6.45) is 1.23. The fourth-order valence-electron chi connectivity index (χ4n) is 3.35. The first-order valence-electron chi connectivity index (χ1n) is 9.81. The number of nitrogens with one attached hydrogen (secondary N) is 2. The van der Waals surface area contributed by atoms with Crippen LogP contribution in [-0.4, -0.2) is 29.4 Å². The van der Waals surface area contributed by atoms with E-state index in [4.69, 9.17) is 0 Å². The summed E-state index contributed by atoms with van der Waals surface area (Å²) in [5, 5.41) is 15.1. The predicted octanol–water partition coefficient (Wildman–Crippen LogP) is 3.26. The molecule has 0 saturated heterocycles. The van der Waals surface area contributed by atoms with Gasteiger partial charge >= 0.3 is 5.97 Å². The van der Waals surface area contributed by atoms with Gasteiger partial charge in [0.25, 0.3) is 5.91 Å². The number of carboxylic acid groups (broad SMARTS) is 1. The van der Waals surface area contributed by atoms with Crippen LogP contribution in [0.25, 0.3) is 0 Å². The highest BCUT2D eigenvalue weighted by atomic mass is 16.4. The number of carboxylic acids is 1. The van der Waals surface area contributed by atoms with Gasteiger partial charge in [-0.3, -0.25) is 14.4 Å². The first-order chi connectivity index (χ1) is 13.8. The molecular weight excluding hydrogens is 368 g/mol. The number of anilines is 1. The molecule has 0 aliphatic heterocycles. The van der Waals surface area contributed by atoms with E-state index >= 15 is 0 Å². The average Bonchev–Trinajstić information content (AvgIpc) is 3.42. The Kier molecular flexibility index (Phi) is 6.32. The molecule has 3 atom stereocenters. The van der Waals surface area contributed by atoms with Crippen molar-refractivity contribution >= 4 is 23.5 Å². The Bertz CT molecular complexity index is 925. The Labute approximate surface area is 170 Å². The smallest absolute Gasteiger partial charge is 0.308 e. The summed E-state index contributed by atoms with van der Waals surface area (Å²) in [5.74, 6) is -1.62. The minimum absolute atomic E-state index is 0.0261. The van der Waals surface area contributed by atoms with Crippen LogP contribution >= 0.6 is 0 Å². The van der Waals surface area contributed by atoms with Crippen molar-refractivity contribution in [2.45, 2.75) is 26.7 Å². The molecular formula is C23H26N2O4. The standard InChI is InChI=1S/C23H26N2O4/c1-14-5-3-6-16(9-14)11-18(23(28)29)13-24-21(26)17-7-4-8-19(12-17)25-22(27)20-10-15(20)2/h3-9,12,15,18,20H,10-11,13H2,1-2H3,(H,24,26)(H,25,27)(H,28,29). The molecule has 1 saturated carbocycles. The van der Waals surface area contributed by atoms with E-state index in [0.29, 0.717) is 23.6 Å². The van der Waals surface area contributed by atoms with Crippen LogP contribution < -0.4 is 10.6 Å². The molecule has 2 amide bonds. The van der Waals surface area contributed by atoms with Crippen molar-refractivity contribution in [1.82, 2.24) is 5.32 Å². The zero-order chi connectivity index (χ0) is 21.0. The Morgan fingerprint density at radius 1 is 1.14 bits per heavy atom. The number of amides is 2. The number of aliphatic carboxylic acids is 1. The summed E-state index contributed by atoms with van der Waals surface area (Å²) in [6, 6.07) is 14.4. The summed E-state index contributed by atoms with van der Waals surface area (Å²) in [6.45, 7) is 4.01. The molecule has 2 aromatic carbocycles. The first kappa shape index (κ1) is 20.6. The maximum Gasteiger partial charge on any atom is 0.308 e. The molecule has 1 aliphatic carbocycles. The van der Waals surface area contributed by atoms with E-state index in [1.807, 2.05) is 38.1 Å². The number of rotatable bonds is 8. The molecule has 0 heterocycles. The largest absolute Gasteiger partial charge is 0.481 e. The Morgan fingerprint density at radius 2 is 1.86 bits per heavy atom. The second-order valence-electron chi connectivity index (χ2n) is 7.83. The molecule has 1 aliphatic rings. The number of hydrogen-bond acceptors (Lipinski definition) is 3. The molecule has 3 unspecified atom stereocenters. The lowest BCUT2D eigenvalue weighted by Crippen LogP contribution is -2.34. The van der Waals surface area contributed by atoms with Gasteiger partial charge in [-0.15, -0.1) is 0 Å². The molecule has 0 radical (unpaired) electrons. The maximum atomic E-state index is 12.5.